The quantitative estimate of drug-likeness (QED) is 0.165. The number of hydrogen-bond donors (Lipinski definition) is 4. The summed E-state index contributed by atoms with van der Waals surface area (Å²) >= 11 is 6.42. The molecule has 1 saturated carbocycles. The average Bonchev–Trinajstić information content (AvgIpc) is 3.49. The maximum absolute atomic E-state index is 13.7. The monoisotopic (exact) mass is 674 g/mol. The number of pyridine rings is 1. The van der Waals surface area contributed by atoms with Gasteiger partial charge in [-0.05, 0) is 93.8 Å². The Labute approximate surface area is 283 Å². The number of H-pyrrole nitrogens is 1. The van der Waals surface area contributed by atoms with Crippen molar-refractivity contribution >= 4 is 35.2 Å². The van der Waals surface area contributed by atoms with Gasteiger partial charge in [-0.25, -0.2) is 9.59 Å². The van der Waals surface area contributed by atoms with Crippen molar-refractivity contribution in [3.05, 3.63) is 88.1 Å². The van der Waals surface area contributed by atoms with Crippen molar-refractivity contribution in [3.8, 4) is 22.5 Å². The highest BCUT2D eigenvalue weighted by Crippen LogP contribution is 2.30. The SMILES string of the molecule is CC(C)(C)OC(=O)NCC1CCC(C(=O)N[C@@H](Cc2cccc(-c3cnccc3Cl)c2)C(=O)Nc2ccc(-c3noc(=O)[nH]3)cc2)CC1. The normalized spacial score (nSPS) is 16.8. The highest BCUT2D eigenvalue weighted by molar-refractivity contribution is 6.33. The number of aromatic nitrogens is 3. The predicted molar refractivity (Wildman–Crippen MR) is 181 cm³/mol. The number of amides is 3. The third kappa shape index (κ3) is 9.54. The van der Waals surface area contributed by atoms with E-state index in [1.807, 2.05) is 45.0 Å². The molecular formula is C35H39ClN6O6. The Hall–Kier alpha value is -4.97. The molecule has 0 bridgehead atoms. The van der Waals surface area contributed by atoms with Crippen LogP contribution >= 0.6 is 11.6 Å². The van der Waals surface area contributed by atoms with Gasteiger partial charge in [0, 0.05) is 48.1 Å². The van der Waals surface area contributed by atoms with Gasteiger partial charge < -0.3 is 20.7 Å². The van der Waals surface area contributed by atoms with E-state index in [0.29, 0.717) is 35.7 Å². The lowest BCUT2D eigenvalue weighted by molar-refractivity contribution is -0.130. The van der Waals surface area contributed by atoms with Gasteiger partial charge in [0.25, 0.3) is 0 Å². The molecule has 3 amide bonds. The molecule has 5 rings (SSSR count). The Morgan fingerprint density at radius 3 is 2.46 bits per heavy atom. The Morgan fingerprint density at radius 1 is 1.04 bits per heavy atom. The van der Waals surface area contributed by atoms with Crippen LogP contribution in [0.15, 0.2) is 76.3 Å². The second kappa shape index (κ2) is 15.3. The maximum atomic E-state index is 13.7. The van der Waals surface area contributed by atoms with E-state index in [1.54, 1.807) is 42.7 Å². The molecule has 12 nitrogen and oxygen atoms in total. The topological polar surface area (TPSA) is 168 Å². The van der Waals surface area contributed by atoms with Crippen LogP contribution in [0.1, 0.15) is 52.0 Å². The third-order valence-corrected chi connectivity index (χ3v) is 8.43. The number of benzene rings is 2. The molecule has 2 heterocycles. The number of aromatic amines is 1. The summed E-state index contributed by atoms with van der Waals surface area (Å²) in [5.74, 6) is -0.992. The molecule has 1 aliphatic rings. The minimum atomic E-state index is -0.879. The Balaban J connectivity index is 1.26. The van der Waals surface area contributed by atoms with Crippen LogP contribution in [0.3, 0.4) is 0 Å². The lowest BCUT2D eigenvalue weighted by Crippen LogP contribution is -2.48. The molecule has 13 heteroatoms. The average molecular weight is 675 g/mol. The van der Waals surface area contributed by atoms with Crippen LogP contribution in [0, 0.1) is 11.8 Å². The first-order chi connectivity index (χ1) is 22.9. The van der Waals surface area contributed by atoms with Gasteiger partial charge in [-0.15, -0.1) is 0 Å². The first-order valence-corrected chi connectivity index (χ1v) is 16.2. The van der Waals surface area contributed by atoms with E-state index < -0.39 is 23.5 Å². The molecule has 4 N–H and O–H groups in total. The summed E-state index contributed by atoms with van der Waals surface area (Å²) in [6.07, 6.45) is 5.90. The van der Waals surface area contributed by atoms with Gasteiger partial charge in [-0.3, -0.25) is 24.1 Å². The van der Waals surface area contributed by atoms with Gasteiger partial charge in [0.15, 0.2) is 5.82 Å². The van der Waals surface area contributed by atoms with E-state index in [-0.39, 0.29) is 35.9 Å². The van der Waals surface area contributed by atoms with Crippen molar-refractivity contribution in [2.24, 2.45) is 11.8 Å². The zero-order chi connectivity index (χ0) is 34.3. The molecule has 0 radical (unpaired) electrons. The number of hydrogen-bond acceptors (Lipinski definition) is 8. The summed E-state index contributed by atoms with van der Waals surface area (Å²) in [7, 11) is 0. The fourth-order valence-electron chi connectivity index (χ4n) is 5.66. The van der Waals surface area contributed by atoms with Crippen LogP contribution in [-0.2, 0) is 20.7 Å². The van der Waals surface area contributed by atoms with E-state index in [1.165, 1.54) is 0 Å². The number of carbonyl (C=O) groups is 3. The van der Waals surface area contributed by atoms with Crippen molar-refractivity contribution in [2.45, 2.75) is 64.5 Å². The number of halogens is 1. The summed E-state index contributed by atoms with van der Waals surface area (Å²) in [6, 6.07) is 15.2. The van der Waals surface area contributed by atoms with E-state index >= 15 is 0 Å². The standard InChI is InChI=1S/C35H39ClN6O6/c1-35(2,3)47-33(45)38-19-21-7-9-24(10-8-21)31(43)40-29(18-22-5-4-6-25(17-22)27-20-37-16-15-28(27)36)32(44)39-26-13-11-23(12-14-26)30-41-34(46)48-42-30/h4-6,11-17,20-21,24,29H,7-10,18-19H2,1-3H3,(H,38,45)(H,39,44)(H,40,43)(H,41,42,46)/t21?,24?,29-/m0/s1. The van der Waals surface area contributed by atoms with Gasteiger partial charge in [0.1, 0.15) is 11.6 Å². The van der Waals surface area contributed by atoms with Crippen molar-refractivity contribution in [1.29, 1.82) is 0 Å². The van der Waals surface area contributed by atoms with Crippen LogP contribution in [-0.4, -0.2) is 51.2 Å². The van der Waals surface area contributed by atoms with Gasteiger partial charge in [0.05, 0.1) is 5.02 Å². The predicted octanol–water partition coefficient (Wildman–Crippen LogP) is 5.74. The molecule has 1 fully saturated rings. The molecule has 0 unspecified atom stereocenters. The molecule has 1 aliphatic carbocycles. The Kier molecular flexibility index (Phi) is 10.9. The molecule has 4 aromatic rings. The van der Waals surface area contributed by atoms with Gasteiger partial charge in [-0.1, -0.05) is 41.0 Å². The second-order valence-electron chi connectivity index (χ2n) is 12.9. The summed E-state index contributed by atoms with van der Waals surface area (Å²) in [5.41, 5.74) is 2.97. The molecular weight excluding hydrogens is 636 g/mol. The zero-order valence-electron chi connectivity index (χ0n) is 27.0. The van der Waals surface area contributed by atoms with Crippen LogP contribution in [0.2, 0.25) is 5.02 Å². The number of nitrogens with one attached hydrogen (secondary N) is 4. The second-order valence-corrected chi connectivity index (χ2v) is 13.3. The number of nitrogens with zero attached hydrogens (tertiary/aromatic N) is 2. The van der Waals surface area contributed by atoms with Crippen LogP contribution in [0.4, 0.5) is 10.5 Å². The maximum Gasteiger partial charge on any atom is 0.439 e. The molecule has 252 valence electrons. The van der Waals surface area contributed by atoms with Crippen molar-refractivity contribution in [3.63, 3.8) is 0 Å². The lowest BCUT2D eigenvalue weighted by Gasteiger charge is -2.29. The minimum absolute atomic E-state index is 0.189. The first kappa shape index (κ1) is 34.4. The van der Waals surface area contributed by atoms with Crippen LogP contribution in [0.5, 0.6) is 0 Å². The van der Waals surface area contributed by atoms with E-state index in [4.69, 9.17) is 16.3 Å². The Morgan fingerprint density at radius 2 is 1.79 bits per heavy atom. The van der Waals surface area contributed by atoms with Crippen molar-refractivity contribution < 1.29 is 23.6 Å². The molecule has 0 saturated heterocycles. The van der Waals surface area contributed by atoms with Gasteiger partial charge in [-0.2, -0.15) is 0 Å². The molecule has 48 heavy (non-hydrogen) atoms. The molecule has 0 aliphatic heterocycles. The van der Waals surface area contributed by atoms with E-state index in [0.717, 1.165) is 29.5 Å². The summed E-state index contributed by atoms with van der Waals surface area (Å²) in [4.78, 5) is 57.4. The molecule has 2 aromatic carbocycles. The minimum Gasteiger partial charge on any atom is -0.444 e. The Bertz CT molecular complexity index is 1790. The molecule has 0 spiro atoms. The summed E-state index contributed by atoms with van der Waals surface area (Å²) in [6.45, 7) is 5.93. The molecule has 1 atom stereocenters. The van der Waals surface area contributed by atoms with Crippen LogP contribution < -0.4 is 21.7 Å². The van der Waals surface area contributed by atoms with Crippen molar-refractivity contribution in [2.75, 3.05) is 11.9 Å². The number of alkyl carbamates (subject to hydrolysis) is 1. The lowest BCUT2D eigenvalue weighted by atomic mass is 9.81. The largest absolute Gasteiger partial charge is 0.444 e. The smallest absolute Gasteiger partial charge is 0.439 e. The fourth-order valence-corrected chi connectivity index (χ4v) is 5.87. The summed E-state index contributed by atoms with van der Waals surface area (Å²) < 4.78 is 9.90. The fraction of sp³-hybridized carbons (Fsp3) is 0.371. The third-order valence-electron chi connectivity index (χ3n) is 8.10. The van der Waals surface area contributed by atoms with E-state index in [2.05, 4.69) is 35.6 Å². The number of rotatable bonds is 10. The first-order valence-electron chi connectivity index (χ1n) is 15.9. The van der Waals surface area contributed by atoms with Crippen molar-refractivity contribution in [1.82, 2.24) is 25.8 Å². The van der Waals surface area contributed by atoms with Gasteiger partial charge in [0.2, 0.25) is 11.8 Å². The number of carbonyl (C=O) groups excluding carboxylic acids is 3. The molecule has 2 aromatic heterocycles. The number of ether oxygens (including phenoxy) is 1. The zero-order valence-corrected chi connectivity index (χ0v) is 27.8. The highest BCUT2D eigenvalue weighted by atomic mass is 35.5. The van der Waals surface area contributed by atoms with Gasteiger partial charge >= 0.3 is 11.8 Å². The number of anilines is 1. The van der Waals surface area contributed by atoms with Crippen LogP contribution in [0.25, 0.3) is 22.5 Å². The summed E-state index contributed by atoms with van der Waals surface area (Å²) in [5, 5.41) is 13.0. The highest BCUT2D eigenvalue weighted by Gasteiger charge is 2.30. The van der Waals surface area contributed by atoms with E-state index in [9.17, 15) is 19.2 Å².